The zero-order valence-electron chi connectivity index (χ0n) is 29.5. The fourth-order valence-corrected chi connectivity index (χ4v) is 8.20. The lowest BCUT2D eigenvalue weighted by Crippen LogP contribution is -2.19. The largest absolute Gasteiger partial charge is 0.256 e. The molecule has 6 aromatic rings. The van der Waals surface area contributed by atoms with E-state index in [-0.39, 0.29) is 5.92 Å². The van der Waals surface area contributed by atoms with Crippen LogP contribution >= 0.6 is 0 Å². The van der Waals surface area contributed by atoms with Gasteiger partial charge in [-0.25, -0.2) is 4.98 Å². The third kappa shape index (κ3) is 6.01. The van der Waals surface area contributed by atoms with Crippen molar-refractivity contribution >= 4 is 22.6 Å². The van der Waals surface area contributed by atoms with Gasteiger partial charge in [-0.05, 0) is 106 Å². The number of pyridine rings is 1. The topological polar surface area (TPSA) is 25.2 Å². The number of benzene rings is 5. The number of aromatic nitrogens is 1. The fraction of sp³-hybridized carbons (Fsp3) is 0.120. The summed E-state index contributed by atoms with van der Waals surface area (Å²) >= 11 is 0. The standard InChI is InChI=1S/C50H40N2/c1-33-29-47(38-17-10-5-11-18-38)44-27-25-40-26-28-48(52-49(40)50(44)51-33)42-20-12-19-41(30-42)36-21-23-39(24-22-36)46-32-43(35-13-6-3-7-14-35)31-45(34(46)2)37-15-8-4-9-16-37/h3-24,26,28,30-32,46-47H,2,25,27,29H2,1H3. The Bertz CT molecular complexity index is 2430. The van der Waals surface area contributed by atoms with Crippen molar-refractivity contribution in [2.45, 2.75) is 38.0 Å². The molecule has 5 aromatic carbocycles. The predicted molar refractivity (Wildman–Crippen MR) is 218 cm³/mol. The molecule has 0 saturated heterocycles. The summed E-state index contributed by atoms with van der Waals surface area (Å²) in [5, 5.41) is 0. The van der Waals surface area contributed by atoms with Crippen LogP contribution in [0.5, 0.6) is 0 Å². The monoisotopic (exact) mass is 668 g/mol. The lowest BCUT2D eigenvalue weighted by Gasteiger charge is -2.31. The number of aryl methyl sites for hydroxylation is 1. The van der Waals surface area contributed by atoms with E-state index in [0.717, 1.165) is 47.5 Å². The Morgan fingerprint density at radius 2 is 1.27 bits per heavy atom. The minimum absolute atomic E-state index is 0.0715. The van der Waals surface area contributed by atoms with E-state index in [1.165, 1.54) is 61.4 Å². The summed E-state index contributed by atoms with van der Waals surface area (Å²) in [5.74, 6) is 0.438. The molecular formula is C50H40N2. The molecule has 0 radical (unpaired) electrons. The van der Waals surface area contributed by atoms with Crippen LogP contribution in [-0.2, 0) is 6.42 Å². The Balaban J connectivity index is 1.03. The van der Waals surface area contributed by atoms with E-state index in [2.05, 4.69) is 177 Å². The Kier molecular flexibility index (Phi) is 8.29. The maximum atomic E-state index is 5.33. The molecule has 2 nitrogen and oxygen atoms in total. The van der Waals surface area contributed by atoms with Gasteiger partial charge in [0.15, 0.2) is 0 Å². The van der Waals surface area contributed by atoms with Crippen LogP contribution in [-0.4, -0.2) is 10.7 Å². The van der Waals surface area contributed by atoms with Gasteiger partial charge >= 0.3 is 0 Å². The molecule has 2 unspecified atom stereocenters. The fourth-order valence-electron chi connectivity index (χ4n) is 8.20. The van der Waals surface area contributed by atoms with Crippen molar-refractivity contribution in [3.8, 4) is 22.4 Å². The van der Waals surface area contributed by atoms with Gasteiger partial charge in [0.2, 0.25) is 0 Å². The molecule has 2 aliphatic carbocycles. The summed E-state index contributed by atoms with van der Waals surface area (Å²) in [6, 6.07) is 54.4. The first kappa shape index (κ1) is 31.8. The Hall–Kier alpha value is -6.12. The van der Waals surface area contributed by atoms with Crippen molar-refractivity contribution in [3.63, 3.8) is 0 Å². The van der Waals surface area contributed by atoms with Crippen molar-refractivity contribution in [2.75, 3.05) is 0 Å². The molecule has 0 bridgehead atoms. The highest BCUT2D eigenvalue weighted by atomic mass is 14.9. The van der Waals surface area contributed by atoms with Gasteiger partial charge in [0.1, 0.15) is 0 Å². The molecule has 0 spiro atoms. The molecule has 2 atom stereocenters. The number of nitrogens with zero attached hydrogens (tertiary/aromatic N) is 2. The maximum absolute atomic E-state index is 5.33. The molecule has 9 rings (SSSR count). The van der Waals surface area contributed by atoms with Gasteiger partial charge in [0.25, 0.3) is 0 Å². The minimum atomic E-state index is 0.0715. The van der Waals surface area contributed by atoms with E-state index in [4.69, 9.17) is 9.98 Å². The highest BCUT2D eigenvalue weighted by molar-refractivity contribution is 5.95. The lowest BCUT2D eigenvalue weighted by atomic mass is 9.77. The molecule has 2 heteroatoms. The molecule has 1 aromatic heterocycles. The van der Waals surface area contributed by atoms with Crippen molar-refractivity contribution in [3.05, 3.63) is 215 Å². The summed E-state index contributed by atoms with van der Waals surface area (Å²) in [6.45, 7) is 6.79. The van der Waals surface area contributed by atoms with Crippen LogP contribution in [0.4, 0.5) is 0 Å². The van der Waals surface area contributed by atoms with E-state index in [1.807, 2.05) is 0 Å². The van der Waals surface area contributed by atoms with Crippen LogP contribution in [0.15, 0.2) is 187 Å². The molecule has 0 N–H and O–H groups in total. The zero-order valence-corrected chi connectivity index (χ0v) is 29.5. The summed E-state index contributed by atoms with van der Waals surface area (Å²) < 4.78 is 0. The number of aliphatic imine (C=N–C) groups is 1. The second kappa shape index (κ2) is 13.5. The first-order chi connectivity index (χ1) is 25.6. The van der Waals surface area contributed by atoms with Crippen LogP contribution in [0.3, 0.4) is 0 Å². The number of hydrogen-bond donors (Lipinski definition) is 0. The molecule has 3 aliphatic rings. The van der Waals surface area contributed by atoms with Crippen molar-refractivity contribution in [1.82, 2.24) is 4.98 Å². The molecule has 0 amide bonds. The predicted octanol–water partition coefficient (Wildman–Crippen LogP) is 12.5. The van der Waals surface area contributed by atoms with Crippen LogP contribution in [0.25, 0.3) is 39.2 Å². The van der Waals surface area contributed by atoms with Gasteiger partial charge in [-0.15, -0.1) is 0 Å². The second-order valence-electron chi connectivity index (χ2n) is 14.2. The highest BCUT2D eigenvalue weighted by Crippen LogP contribution is 2.45. The van der Waals surface area contributed by atoms with Crippen molar-refractivity contribution < 1.29 is 0 Å². The normalized spacial score (nSPS) is 18.2. The quantitative estimate of drug-likeness (QED) is 0.173. The molecule has 2 heterocycles. The van der Waals surface area contributed by atoms with Crippen LogP contribution in [0, 0.1) is 0 Å². The van der Waals surface area contributed by atoms with Gasteiger partial charge in [0, 0.05) is 23.1 Å². The second-order valence-corrected chi connectivity index (χ2v) is 14.2. The van der Waals surface area contributed by atoms with Gasteiger partial charge in [0.05, 0.1) is 17.1 Å². The van der Waals surface area contributed by atoms with E-state index in [9.17, 15) is 0 Å². The van der Waals surface area contributed by atoms with Gasteiger partial charge in [-0.3, -0.25) is 4.99 Å². The first-order valence-electron chi connectivity index (χ1n) is 18.4. The zero-order chi connectivity index (χ0) is 35.0. The van der Waals surface area contributed by atoms with Gasteiger partial charge in [-0.1, -0.05) is 152 Å². The third-order valence-corrected chi connectivity index (χ3v) is 10.9. The summed E-state index contributed by atoms with van der Waals surface area (Å²) in [7, 11) is 0. The Morgan fingerprint density at radius 3 is 2.02 bits per heavy atom. The summed E-state index contributed by atoms with van der Waals surface area (Å²) in [5.41, 5.74) is 19.0. The average molecular weight is 669 g/mol. The van der Waals surface area contributed by atoms with E-state index in [0.29, 0.717) is 5.92 Å². The molecular weight excluding hydrogens is 629 g/mol. The van der Waals surface area contributed by atoms with Crippen molar-refractivity contribution in [2.24, 2.45) is 4.99 Å². The molecule has 1 aliphatic heterocycles. The smallest absolute Gasteiger partial charge is 0.0925 e. The first-order valence-corrected chi connectivity index (χ1v) is 18.4. The summed E-state index contributed by atoms with van der Waals surface area (Å²) in [6.07, 6.45) is 7.67. The molecule has 0 fully saturated rings. The van der Waals surface area contributed by atoms with Crippen LogP contribution in [0.1, 0.15) is 65.1 Å². The van der Waals surface area contributed by atoms with E-state index < -0.39 is 0 Å². The Morgan fingerprint density at radius 1 is 0.596 bits per heavy atom. The molecule has 0 saturated carbocycles. The third-order valence-electron chi connectivity index (χ3n) is 10.9. The van der Waals surface area contributed by atoms with Gasteiger partial charge < -0.3 is 0 Å². The maximum Gasteiger partial charge on any atom is 0.0925 e. The van der Waals surface area contributed by atoms with Crippen LogP contribution < -0.4 is 0 Å². The minimum Gasteiger partial charge on any atom is -0.256 e. The van der Waals surface area contributed by atoms with Gasteiger partial charge in [-0.2, -0.15) is 0 Å². The molecule has 52 heavy (non-hydrogen) atoms. The highest BCUT2D eigenvalue weighted by Gasteiger charge is 2.31. The number of allylic oxidation sites excluding steroid dienone is 6. The number of fused-ring (bicyclic) bond motifs is 2. The van der Waals surface area contributed by atoms with E-state index in [1.54, 1.807) is 0 Å². The SMILES string of the molecule is C=C1C(c2ccccc2)=CC(c2ccccc2)=CC1c1ccc(-c2cccc(-c3ccc4c(n3)C3=C(CC4)C(c4ccccc4)CC(C)=N3)c2)cc1. The number of hydrogen-bond acceptors (Lipinski definition) is 2. The number of rotatable bonds is 6. The molecule has 250 valence electrons. The van der Waals surface area contributed by atoms with E-state index >= 15 is 0 Å². The van der Waals surface area contributed by atoms with Crippen LogP contribution in [0.2, 0.25) is 0 Å². The Labute approximate surface area is 307 Å². The lowest BCUT2D eigenvalue weighted by molar-refractivity contribution is 0.733. The summed E-state index contributed by atoms with van der Waals surface area (Å²) in [4.78, 5) is 10.5. The van der Waals surface area contributed by atoms with Crippen molar-refractivity contribution in [1.29, 1.82) is 0 Å². The average Bonchev–Trinajstić information content (AvgIpc) is 3.21.